The molecule has 0 atom stereocenters. The summed E-state index contributed by atoms with van der Waals surface area (Å²) in [6, 6.07) is 14.3. The molecule has 1 heterocycles. The normalized spacial score (nSPS) is 11.2. The van der Waals surface area contributed by atoms with Crippen molar-refractivity contribution in [2.75, 3.05) is 12.4 Å². The largest absolute Gasteiger partial charge is 0.493 e. The van der Waals surface area contributed by atoms with Gasteiger partial charge < -0.3 is 15.0 Å². The van der Waals surface area contributed by atoms with Crippen LogP contribution in [0.5, 0.6) is 0 Å². The number of H-pyrrole nitrogens is 1. The van der Waals surface area contributed by atoms with Crippen molar-refractivity contribution in [3.05, 3.63) is 59.9 Å². The molecule has 5 heteroatoms. The maximum absolute atomic E-state index is 12.2. The number of carbonyl (C=O) groups is 1. The summed E-state index contributed by atoms with van der Waals surface area (Å²) >= 11 is 0. The Morgan fingerprint density at radius 3 is 2.55 bits per heavy atom. The number of carbonyl (C=O) groups excluding carboxylic acids is 1. The lowest BCUT2D eigenvalue weighted by molar-refractivity contribution is -0.112. The molecular weight excluding hydrogens is 254 g/mol. The van der Waals surface area contributed by atoms with Crippen molar-refractivity contribution in [2.45, 2.75) is 0 Å². The summed E-state index contributed by atoms with van der Waals surface area (Å²) < 4.78 is 5.17. The number of benzene rings is 1. The minimum absolute atomic E-state index is 0.0844. The maximum atomic E-state index is 12.2. The summed E-state index contributed by atoms with van der Waals surface area (Å²) in [7, 11) is 1.42. The SMILES string of the molecule is CO/C(=C(/C#N)C(=O)Nc1ccccc1)c1ccc[nH]1. The lowest BCUT2D eigenvalue weighted by Gasteiger charge is -2.08. The highest BCUT2D eigenvalue weighted by Gasteiger charge is 2.18. The Kier molecular flexibility index (Phi) is 4.20. The van der Waals surface area contributed by atoms with Gasteiger partial charge >= 0.3 is 0 Å². The van der Waals surface area contributed by atoms with Crippen molar-refractivity contribution >= 4 is 17.4 Å². The molecule has 0 saturated heterocycles. The van der Waals surface area contributed by atoms with Gasteiger partial charge in [0.2, 0.25) is 0 Å². The molecule has 0 fully saturated rings. The number of methoxy groups -OCH3 is 1. The Hall–Kier alpha value is -3.00. The Labute approximate surface area is 116 Å². The molecule has 0 radical (unpaired) electrons. The summed E-state index contributed by atoms with van der Waals surface area (Å²) in [5.74, 6) is -0.295. The first-order valence-electron chi connectivity index (χ1n) is 5.94. The van der Waals surface area contributed by atoms with E-state index in [1.165, 1.54) is 7.11 Å². The van der Waals surface area contributed by atoms with Crippen LogP contribution in [-0.4, -0.2) is 18.0 Å². The molecule has 0 aliphatic rings. The van der Waals surface area contributed by atoms with Crippen molar-refractivity contribution in [1.82, 2.24) is 4.98 Å². The molecule has 2 rings (SSSR count). The smallest absolute Gasteiger partial charge is 0.270 e. The Bertz CT molecular complexity index is 652. The molecule has 2 aromatic rings. The third-order valence-electron chi connectivity index (χ3n) is 2.64. The summed E-state index contributed by atoms with van der Waals surface area (Å²) in [5.41, 5.74) is 1.11. The van der Waals surface area contributed by atoms with Crippen LogP contribution in [0.4, 0.5) is 5.69 Å². The van der Waals surface area contributed by atoms with E-state index in [1.807, 2.05) is 12.1 Å². The monoisotopic (exact) mass is 267 g/mol. The molecule has 1 aromatic heterocycles. The van der Waals surface area contributed by atoms with Crippen molar-refractivity contribution in [2.24, 2.45) is 0 Å². The van der Waals surface area contributed by atoms with Gasteiger partial charge in [-0.2, -0.15) is 5.26 Å². The van der Waals surface area contributed by atoms with Gasteiger partial charge in [0.15, 0.2) is 11.3 Å². The second-order valence-electron chi connectivity index (χ2n) is 3.92. The average molecular weight is 267 g/mol. The van der Waals surface area contributed by atoms with Crippen LogP contribution in [0.25, 0.3) is 5.76 Å². The highest BCUT2D eigenvalue weighted by molar-refractivity contribution is 6.10. The number of hydrogen-bond acceptors (Lipinski definition) is 3. The van der Waals surface area contributed by atoms with E-state index in [-0.39, 0.29) is 11.3 Å². The summed E-state index contributed by atoms with van der Waals surface area (Å²) in [5, 5.41) is 11.9. The zero-order chi connectivity index (χ0) is 14.4. The Balaban J connectivity index is 2.32. The number of rotatable bonds is 4. The number of hydrogen-bond donors (Lipinski definition) is 2. The van der Waals surface area contributed by atoms with Gasteiger partial charge in [-0.15, -0.1) is 0 Å². The summed E-state index contributed by atoms with van der Waals surface area (Å²) in [6.07, 6.45) is 1.69. The zero-order valence-corrected chi connectivity index (χ0v) is 10.9. The standard InChI is InChI=1S/C15H13N3O2/c1-20-14(13-8-5-9-17-13)12(10-16)15(19)18-11-6-3-2-4-7-11/h2-9,17H,1H3,(H,18,19)/b14-12-. The fourth-order valence-corrected chi connectivity index (χ4v) is 1.74. The van der Waals surface area contributed by atoms with Crippen molar-refractivity contribution in [3.63, 3.8) is 0 Å². The number of ether oxygens (including phenoxy) is 1. The fourth-order valence-electron chi connectivity index (χ4n) is 1.74. The van der Waals surface area contributed by atoms with Gasteiger partial charge in [-0.25, -0.2) is 0 Å². The lowest BCUT2D eigenvalue weighted by Crippen LogP contribution is -2.15. The number of amides is 1. The Morgan fingerprint density at radius 1 is 1.25 bits per heavy atom. The average Bonchev–Trinajstić information content (AvgIpc) is 2.99. The van der Waals surface area contributed by atoms with E-state index in [9.17, 15) is 10.1 Å². The third kappa shape index (κ3) is 2.87. The first kappa shape index (κ1) is 13.4. The first-order chi connectivity index (χ1) is 9.76. The van der Waals surface area contributed by atoms with Crippen molar-refractivity contribution in [1.29, 1.82) is 5.26 Å². The summed E-state index contributed by atoms with van der Waals surface area (Å²) in [6.45, 7) is 0. The molecule has 0 bridgehead atoms. The van der Waals surface area contributed by atoms with E-state index in [0.717, 1.165) is 0 Å². The molecule has 0 spiro atoms. The number of aromatic nitrogens is 1. The lowest BCUT2D eigenvalue weighted by atomic mass is 10.2. The number of nitriles is 1. The minimum atomic E-state index is -0.509. The first-order valence-corrected chi connectivity index (χ1v) is 5.94. The van der Waals surface area contributed by atoms with Gasteiger partial charge in [-0.3, -0.25) is 4.79 Å². The van der Waals surface area contributed by atoms with Crippen molar-refractivity contribution in [3.8, 4) is 6.07 Å². The van der Waals surface area contributed by atoms with Gasteiger partial charge in [-0.05, 0) is 24.3 Å². The highest BCUT2D eigenvalue weighted by Crippen LogP contribution is 2.19. The predicted octanol–water partition coefficient (Wildman–Crippen LogP) is 2.53. The van der Waals surface area contributed by atoms with Gasteiger partial charge in [-0.1, -0.05) is 18.2 Å². The van der Waals surface area contributed by atoms with Gasteiger partial charge in [0.25, 0.3) is 5.91 Å². The van der Waals surface area contributed by atoms with Crippen LogP contribution in [-0.2, 0) is 9.53 Å². The fraction of sp³-hybridized carbons (Fsp3) is 0.0667. The molecule has 100 valence electrons. The van der Waals surface area contributed by atoms with E-state index in [4.69, 9.17) is 4.74 Å². The van der Waals surface area contributed by atoms with E-state index >= 15 is 0 Å². The molecule has 0 unspecified atom stereocenters. The topological polar surface area (TPSA) is 77.9 Å². The molecule has 5 nitrogen and oxygen atoms in total. The molecule has 0 aliphatic carbocycles. The van der Waals surface area contributed by atoms with E-state index in [0.29, 0.717) is 11.4 Å². The van der Waals surface area contributed by atoms with Gasteiger partial charge in [0.05, 0.1) is 12.8 Å². The van der Waals surface area contributed by atoms with Crippen LogP contribution >= 0.6 is 0 Å². The second kappa shape index (κ2) is 6.25. The van der Waals surface area contributed by atoms with E-state index in [2.05, 4.69) is 10.3 Å². The van der Waals surface area contributed by atoms with Crippen molar-refractivity contribution < 1.29 is 9.53 Å². The van der Waals surface area contributed by atoms with Gasteiger partial charge in [0.1, 0.15) is 6.07 Å². The molecule has 0 saturated carbocycles. The zero-order valence-electron chi connectivity index (χ0n) is 10.9. The predicted molar refractivity (Wildman–Crippen MR) is 75.4 cm³/mol. The second-order valence-corrected chi connectivity index (χ2v) is 3.92. The molecule has 1 aromatic carbocycles. The molecule has 20 heavy (non-hydrogen) atoms. The summed E-state index contributed by atoms with van der Waals surface area (Å²) in [4.78, 5) is 15.1. The van der Waals surface area contributed by atoms with E-state index in [1.54, 1.807) is 42.6 Å². The van der Waals surface area contributed by atoms with Crippen LogP contribution in [0, 0.1) is 11.3 Å². The number of nitrogens with zero attached hydrogens (tertiary/aromatic N) is 1. The quantitative estimate of drug-likeness (QED) is 0.507. The van der Waals surface area contributed by atoms with Gasteiger partial charge in [0, 0.05) is 11.9 Å². The van der Waals surface area contributed by atoms with Crippen LogP contribution < -0.4 is 5.32 Å². The van der Waals surface area contributed by atoms with Crippen LogP contribution in [0.15, 0.2) is 54.2 Å². The number of aromatic amines is 1. The highest BCUT2D eigenvalue weighted by atomic mass is 16.5. The Morgan fingerprint density at radius 2 is 2.00 bits per heavy atom. The number of nitrogens with one attached hydrogen (secondary N) is 2. The maximum Gasteiger partial charge on any atom is 0.270 e. The van der Waals surface area contributed by atoms with Crippen LogP contribution in [0.3, 0.4) is 0 Å². The molecule has 1 amide bonds. The molecule has 0 aliphatic heterocycles. The molecular formula is C15H13N3O2. The molecule has 2 N–H and O–H groups in total. The van der Waals surface area contributed by atoms with Crippen LogP contribution in [0.1, 0.15) is 5.69 Å². The minimum Gasteiger partial charge on any atom is -0.493 e. The number of anilines is 1. The van der Waals surface area contributed by atoms with E-state index < -0.39 is 5.91 Å². The van der Waals surface area contributed by atoms with Crippen LogP contribution in [0.2, 0.25) is 0 Å². The third-order valence-corrected chi connectivity index (χ3v) is 2.64. The number of para-hydroxylation sites is 1.